The second-order valence-corrected chi connectivity index (χ2v) is 16.4. The van der Waals surface area contributed by atoms with Gasteiger partial charge in [-0.1, -0.05) is 0 Å². The average Bonchev–Trinajstić information content (AvgIpc) is 3.49. The molecule has 290 valence electrons. The zero-order valence-corrected chi connectivity index (χ0v) is 31.9. The molecular formula is C39H43F2N7O7. The Kier molecular flexibility index (Phi) is 8.81. The van der Waals surface area contributed by atoms with Gasteiger partial charge in [-0.2, -0.15) is 0 Å². The van der Waals surface area contributed by atoms with Crippen molar-refractivity contribution >= 4 is 62.5 Å². The second-order valence-electron chi connectivity index (χ2n) is 16.4. The van der Waals surface area contributed by atoms with Crippen molar-refractivity contribution in [1.29, 1.82) is 0 Å². The number of carboxylic acids is 1. The van der Waals surface area contributed by atoms with Gasteiger partial charge in [-0.05, 0) is 66.9 Å². The van der Waals surface area contributed by atoms with Crippen molar-refractivity contribution in [2.75, 3.05) is 29.9 Å². The summed E-state index contributed by atoms with van der Waals surface area (Å²) in [6, 6.07) is 2.45. The number of carboxylic acid groups (broad SMARTS) is 1. The number of carbonyl (C=O) groups is 3. The van der Waals surface area contributed by atoms with Gasteiger partial charge in [0.15, 0.2) is 11.6 Å². The number of rotatable bonds is 6. The average molecular weight is 760 g/mol. The summed E-state index contributed by atoms with van der Waals surface area (Å²) in [4.78, 5) is 66.9. The number of amides is 2. The highest BCUT2D eigenvalue weighted by Crippen LogP contribution is 2.50. The summed E-state index contributed by atoms with van der Waals surface area (Å²) in [7, 11) is 2.98. The van der Waals surface area contributed by atoms with E-state index in [2.05, 4.69) is 20.3 Å². The number of anilines is 2. The third kappa shape index (κ3) is 6.78. The first-order chi connectivity index (χ1) is 25.7. The maximum atomic E-state index is 16.3. The predicted molar refractivity (Wildman–Crippen MR) is 203 cm³/mol. The molecule has 7 rings (SSSR count). The topological polar surface area (TPSA) is 172 Å². The Labute approximate surface area is 314 Å². The molecule has 1 aromatic carbocycles. The van der Waals surface area contributed by atoms with Gasteiger partial charge in [-0.25, -0.2) is 33.1 Å². The van der Waals surface area contributed by atoms with Crippen LogP contribution >= 0.6 is 0 Å². The van der Waals surface area contributed by atoms with Gasteiger partial charge in [0.1, 0.15) is 28.1 Å². The van der Waals surface area contributed by atoms with E-state index in [-0.39, 0.29) is 44.6 Å². The Hall–Kier alpha value is -5.80. The van der Waals surface area contributed by atoms with E-state index in [1.165, 1.54) is 36.3 Å². The van der Waals surface area contributed by atoms with E-state index in [0.29, 0.717) is 36.3 Å². The van der Waals surface area contributed by atoms with Crippen molar-refractivity contribution in [3.63, 3.8) is 0 Å². The smallest absolute Gasteiger partial charge is 0.414 e. The summed E-state index contributed by atoms with van der Waals surface area (Å²) >= 11 is 0. The normalized spacial score (nSPS) is 16.8. The van der Waals surface area contributed by atoms with Crippen LogP contribution in [0.25, 0.3) is 44.1 Å². The van der Waals surface area contributed by atoms with Crippen LogP contribution in [0.1, 0.15) is 71.2 Å². The number of H-pyrrole nitrogens is 1. The summed E-state index contributed by atoms with van der Waals surface area (Å²) in [5.41, 5.74) is -1.42. The lowest BCUT2D eigenvalue weighted by Crippen LogP contribution is -2.45. The van der Waals surface area contributed by atoms with E-state index in [9.17, 15) is 24.3 Å². The molecule has 5 heterocycles. The monoisotopic (exact) mass is 759 g/mol. The van der Waals surface area contributed by atoms with Gasteiger partial charge in [-0.15, -0.1) is 0 Å². The number of halogens is 2. The highest BCUT2D eigenvalue weighted by atomic mass is 19.2. The zero-order chi connectivity index (χ0) is 39.9. The van der Waals surface area contributed by atoms with Crippen LogP contribution in [0, 0.1) is 17.6 Å². The first-order valence-electron chi connectivity index (χ1n) is 18.0. The third-order valence-electron chi connectivity index (χ3n) is 10.2. The first kappa shape index (κ1) is 37.5. The summed E-state index contributed by atoms with van der Waals surface area (Å²) in [6.45, 7) is 11.3. The van der Waals surface area contributed by atoms with Crippen molar-refractivity contribution in [3.05, 3.63) is 58.1 Å². The molecule has 2 fully saturated rings. The molecule has 14 nitrogen and oxygen atoms in total. The minimum absolute atomic E-state index is 0.0171. The van der Waals surface area contributed by atoms with E-state index < -0.39 is 57.5 Å². The molecule has 0 radical (unpaired) electrons. The highest BCUT2D eigenvalue weighted by molar-refractivity contribution is 6.19. The fraction of sp³-hybridized carbons (Fsp3) is 0.436. The number of hydrogen-bond acceptors (Lipinski definition) is 9. The van der Waals surface area contributed by atoms with Crippen molar-refractivity contribution in [3.8, 4) is 11.1 Å². The molecule has 1 saturated heterocycles. The van der Waals surface area contributed by atoms with Crippen molar-refractivity contribution < 1.29 is 37.7 Å². The van der Waals surface area contributed by atoms with Crippen LogP contribution in [0.5, 0.6) is 0 Å². The standard InChI is InChI=1S/C39H43F2N7O7/c1-37(2,3)54-35(52)45-39(10-11-39)20-9-12-48(17-20)30-22(19-13-21-31(49)23(34(50)51)18-46(7)33(21)43-15-19)16-42-32-27(30)26-28(41)24(40)14-25(29(26)44-32)47(8)36(53)55-38(4,5)6/h13-16,18,20H,9-12,17H2,1-8H3,(H,42,44)(H,45,52)(H,50,51)/t20-/m0/s1. The van der Waals surface area contributed by atoms with Crippen LogP contribution in [0.3, 0.4) is 0 Å². The predicted octanol–water partition coefficient (Wildman–Crippen LogP) is 6.86. The molecule has 55 heavy (non-hydrogen) atoms. The molecule has 16 heteroatoms. The van der Waals surface area contributed by atoms with E-state index >= 15 is 8.78 Å². The lowest BCUT2D eigenvalue weighted by atomic mass is 9.96. The van der Waals surface area contributed by atoms with Crippen molar-refractivity contribution in [2.24, 2.45) is 13.0 Å². The lowest BCUT2D eigenvalue weighted by molar-refractivity contribution is 0.0476. The van der Waals surface area contributed by atoms with Gasteiger partial charge in [0.25, 0.3) is 0 Å². The quantitative estimate of drug-likeness (QED) is 0.166. The molecule has 0 bridgehead atoms. The molecule has 2 aliphatic rings. The van der Waals surface area contributed by atoms with Crippen LogP contribution in [0.2, 0.25) is 0 Å². The van der Waals surface area contributed by atoms with Gasteiger partial charge in [0.05, 0.1) is 33.1 Å². The number of aromatic carboxylic acids is 1. The number of aromatic nitrogens is 4. The first-order valence-corrected chi connectivity index (χ1v) is 18.0. The van der Waals surface area contributed by atoms with Crippen LogP contribution in [0.4, 0.5) is 29.7 Å². The van der Waals surface area contributed by atoms with E-state index in [0.717, 1.165) is 23.8 Å². The number of aryl methyl sites for hydroxylation is 1. The SMILES string of the molecule is CN(C(=O)OC(C)(C)C)c1cc(F)c(F)c2c1[nH]c1ncc(-c3cnc4c(c3)c(=O)c(C(=O)O)cn4C)c(N3CC[C@H](C4(NC(=O)OC(C)(C)C)CC4)C3)c12. The Morgan fingerprint density at radius 3 is 2.36 bits per heavy atom. The van der Waals surface area contributed by atoms with Gasteiger partial charge in [0.2, 0.25) is 5.43 Å². The maximum Gasteiger partial charge on any atom is 0.414 e. The fourth-order valence-corrected chi connectivity index (χ4v) is 7.51. The largest absolute Gasteiger partial charge is 0.477 e. The second kappa shape index (κ2) is 12.9. The maximum absolute atomic E-state index is 16.3. The molecule has 4 aromatic heterocycles. The number of aromatic amines is 1. The van der Waals surface area contributed by atoms with Gasteiger partial charge < -0.3 is 34.3 Å². The Balaban J connectivity index is 1.43. The Morgan fingerprint density at radius 2 is 1.73 bits per heavy atom. The summed E-state index contributed by atoms with van der Waals surface area (Å²) in [5.74, 6) is -3.81. The molecule has 3 N–H and O–H groups in total. The molecule has 1 aliphatic carbocycles. The number of nitrogens with one attached hydrogen (secondary N) is 2. The van der Waals surface area contributed by atoms with Gasteiger partial charge in [-0.3, -0.25) is 9.69 Å². The van der Waals surface area contributed by atoms with E-state index in [1.54, 1.807) is 48.6 Å². The number of nitrogens with zero attached hydrogens (tertiary/aromatic N) is 5. The summed E-state index contributed by atoms with van der Waals surface area (Å²) in [6.07, 6.45) is 5.07. The molecular weight excluding hydrogens is 716 g/mol. The zero-order valence-electron chi connectivity index (χ0n) is 31.9. The third-order valence-corrected chi connectivity index (χ3v) is 10.2. The molecule has 1 aliphatic heterocycles. The van der Waals surface area contributed by atoms with Gasteiger partial charge in [0, 0.05) is 74.4 Å². The number of benzene rings is 1. The van der Waals surface area contributed by atoms with E-state index in [4.69, 9.17) is 9.47 Å². The van der Waals surface area contributed by atoms with Crippen LogP contribution < -0.4 is 20.5 Å². The minimum atomic E-state index is -1.39. The fourth-order valence-electron chi connectivity index (χ4n) is 7.51. The summed E-state index contributed by atoms with van der Waals surface area (Å²) in [5, 5.41) is 12.9. The molecule has 0 unspecified atom stereocenters. The molecule has 5 aromatic rings. The number of hydrogen-bond donors (Lipinski definition) is 3. The van der Waals surface area contributed by atoms with Crippen molar-refractivity contribution in [1.82, 2.24) is 24.8 Å². The Bertz CT molecular complexity index is 2500. The Morgan fingerprint density at radius 1 is 1.04 bits per heavy atom. The molecule has 1 atom stereocenters. The van der Waals surface area contributed by atoms with Crippen LogP contribution in [-0.4, -0.2) is 79.7 Å². The number of fused-ring (bicyclic) bond motifs is 4. The number of carbonyl (C=O) groups excluding carboxylic acids is 2. The number of pyridine rings is 3. The highest BCUT2D eigenvalue weighted by Gasteiger charge is 2.53. The molecule has 2 amide bonds. The molecule has 0 spiro atoms. The summed E-state index contributed by atoms with van der Waals surface area (Å²) < 4.78 is 44.5. The minimum Gasteiger partial charge on any atom is -0.477 e. The number of alkyl carbamates (subject to hydrolysis) is 1. The van der Waals surface area contributed by atoms with Crippen LogP contribution in [-0.2, 0) is 16.5 Å². The van der Waals surface area contributed by atoms with E-state index in [1.807, 2.05) is 4.90 Å². The van der Waals surface area contributed by atoms with Crippen molar-refractivity contribution in [2.45, 2.75) is 77.5 Å². The van der Waals surface area contributed by atoms with Gasteiger partial charge >= 0.3 is 18.2 Å². The lowest BCUT2D eigenvalue weighted by Gasteiger charge is -2.28. The number of ether oxygens (including phenoxy) is 2. The van der Waals surface area contributed by atoms with Crippen LogP contribution in [0.15, 0.2) is 35.5 Å². The molecule has 1 saturated carbocycles.